The van der Waals surface area contributed by atoms with Crippen LogP contribution in [-0.4, -0.2) is 23.1 Å². The van der Waals surface area contributed by atoms with Crippen LogP contribution in [-0.2, 0) is 18.0 Å². The second-order valence-electron chi connectivity index (χ2n) is 2.87. The predicted octanol–water partition coefficient (Wildman–Crippen LogP) is -0.123. The van der Waals surface area contributed by atoms with Gasteiger partial charge in [-0.05, 0) is 0 Å². The summed E-state index contributed by atoms with van der Waals surface area (Å²) in [7, 11) is 0. The number of hydrogen-bond donors (Lipinski definition) is 2. The van der Waals surface area contributed by atoms with E-state index in [0.29, 0.717) is 32.3 Å². The number of nitrogens with zero attached hydrogens (tertiary/aromatic N) is 2. The molecule has 5 heteroatoms. The number of anilines is 1. The van der Waals surface area contributed by atoms with E-state index in [9.17, 15) is 0 Å². The van der Waals surface area contributed by atoms with E-state index >= 15 is 0 Å². The highest BCUT2D eigenvalue weighted by Crippen LogP contribution is 2.17. The molecule has 0 aromatic carbocycles. The molecule has 0 atom stereocenters. The van der Waals surface area contributed by atoms with Crippen LogP contribution >= 0.6 is 0 Å². The molecule has 0 fully saturated rings. The molecule has 5 nitrogen and oxygen atoms in total. The minimum Gasteiger partial charge on any atom is -0.370 e. The van der Waals surface area contributed by atoms with E-state index in [-0.39, 0.29) is 0 Å². The molecule has 0 amide bonds. The van der Waals surface area contributed by atoms with Crippen LogP contribution in [0.25, 0.3) is 0 Å². The average molecular weight is 180 g/mol. The Morgan fingerprint density at radius 3 is 3.31 bits per heavy atom. The molecule has 3 N–H and O–H groups in total. The van der Waals surface area contributed by atoms with Gasteiger partial charge in [0.05, 0.1) is 18.9 Å². The Balaban J connectivity index is 2.12. The van der Waals surface area contributed by atoms with Gasteiger partial charge in [0, 0.05) is 24.8 Å². The fraction of sp³-hybridized carbons (Fsp3) is 0.500. The highest BCUT2D eigenvalue weighted by atomic mass is 16.5. The Kier molecular flexibility index (Phi) is 2.37. The normalized spacial score (nSPS) is 14.2. The van der Waals surface area contributed by atoms with Crippen LogP contribution in [0.2, 0.25) is 0 Å². The van der Waals surface area contributed by atoms with Crippen molar-refractivity contribution in [2.24, 2.45) is 5.73 Å². The van der Waals surface area contributed by atoms with E-state index in [1.807, 2.05) is 0 Å². The van der Waals surface area contributed by atoms with Gasteiger partial charge >= 0.3 is 0 Å². The Morgan fingerprint density at radius 1 is 1.54 bits per heavy atom. The van der Waals surface area contributed by atoms with Gasteiger partial charge in [0.15, 0.2) is 0 Å². The van der Waals surface area contributed by atoms with Crippen LogP contribution in [0.4, 0.5) is 5.95 Å². The third-order valence-corrected chi connectivity index (χ3v) is 1.88. The number of ether oxygens (including phenoxy) is 1. The van der Waals surface area contributed by atoms with Crippen LogP contribution in [0.3, 0.4) is 0 Å². The summed E-state index contributed by atoms with van der Waals surface area (Å²) in [6, 6.07) is 0. The van der Waals surface area contributed by atoms with Crippen LogP contribution in [0.1, 0.15) is 11.3 Å². The molecule has 2 heterocycles. The van der Waals surface area contributed by atoms with Gasteiger partial charge in [0.2, 0.25) is 5.95 Å². The summed E-state index contributed by atoms with van der Waals surface area (Å²) in [6.45, 7) is 2.50. The lowest BCUT2D eigenvalue weighted by molar-refractivity contribution is 0.133. The Labute approximate surface area is 76.3 Å². The van der Waals surface area contributed by atoms with Crippen molar-refractivity contribution in [3.8, 4) is 0 Å². The molecular weight excluding hydrogens is 168 g/mol. The summed E-state index contributed by atoms with van der Waals surface area (Å²) in [6.07, 6.45) is 1.80. The Morgan fingerprint density at radius 2 is 2.46 bits per heavy atom. The largest absolute Gasteiger partial charge is 0.370 e. The zero-order chi connectivity index (χ0) is 9.10. The molecule has 1 aliphatic heterocycles. The van der Waals surface area contributed by atoms with Crippen molar-refractivity contribution in [1.29, 1.82) is 0 Å². The molecule has 70 valence electrons. The van der Waals surface area contributed by atoms with Crippen LogP contribution in [0.15, 0.2) is 6.20 Å². The molecule has 1 aliphatic rings. The van der Waals surface area contributed by atoms with Gasteiger partial charge < -0.3 is 15.8 Å². The zero-order valence-corrected chi connectivity index (χ0v) is 7.29. The number of fused-ring (bicyclic) bond motifs is 1. The molecule has 0 bridgehead atoms. The number of aromatic nitrogens is 2. The second-order valence-corrected chi connectivity index (χ2v) is 2.87. The molecule has 0 aliphatic carbocycles. The van der Waals surface area contributed by atoms with E-state index in [2.05, 4.69) is 15.3 Å². The van der Waals surface area contributed by atoms with Crippen molar-refractivity contribution in [3.63, 3.8) is 0 Å². The minimum absolute atomic E-state index is 0.580. The summed E-state index contributed by atoms with van der Waals surface area (Å²) in [5.41, 5.74) is 7.41. The van der Waals surface area contributed by atoms with Gasteiger partial charge in [0.25, 0.3) is 0 Å². The van der Waals surface area contributed by atoms with Crippen molar-refractivity contribution in [2.45, 2.75) is 13.2 Å². The first-order valence-electron chi connectivity index (χ1n) is 4.26. The molecule has 2 rings (SSSR count). The average Bonchev–Trinajstić information content (AvgIpc) is 2.61. The lowest BCUT2D eigenvalue weighted by Gasteiger charge is -2.03. The number of nitrogens with one attached hydrogen (secondary N) is 1. The molecule has 1 aromatic heterocycles. The van der Waals surface area contributed by atoms with Gasteiger partial charge in [-0.1, -0.05) is 0 Å². The standard InChI is InChI=1S/C8H12N4O/c9-1-2-10-8-11-3-6-4-13-5-7(6)12-8/h3H,1-2,4-5,9H2,(H,10,11,12). The SMILES string of the molecule is NCCNc1ncc2c(n1)COC2. The van der Waals surface area contributed by atoms with E-state index < -0.39 is 0 Å². The van der Waals surface area contributed by atoms with E-state index in [1.165, 1.54) is 0 Å². The summed E-state index contributed by atoms with van der Waals surface area (Å²) in [4.78, 5) is 8.42. The zero-order valence-electron chi connectivity index (χ0n) is 7.29. The predicted molar refractivity (Wildman–Crippen MR) is 48.1 cm³/mol. The monoisotopic (exact) mass is 180 g/mol. The van der Waals surface area contributed by atoms with E-state index in [1.54, 1.807) is 6.20 Å². The lowest BCUT2D eigenvalue weighted by atomic mass is 10.3. The van der Waals surface area contributed by atoms with Crippen LogP contribution in [0.5, 0.6) is 0 Å². The first-order chi connectivity index (χ1) is 6.40. The maximum atomic E-state index is 5.35. The first kappa shape index (κ1) is 8.40. The highest BCUT2D eigenvalue weighted by Gasteiger charge is 2.13. The smallest absolute Gasteiger partial charge is 0.222 e. The quantitative estimate of drug-likeness (QED) is 0.678. The molecule has 0 saturated heterocycles. The summed E-state index contributed by atoms with van der Waals surface area (Å²) in [5.74, 6) is 0.634. The van der Waals surface area contributed by atoms with Gasteiger partial charge in [-0.3, -0.25) is 0 Å². The number of rotatable bonds is 3. The van der Waals surface area contributed by atoms with Gasteiger partial charge in [-0.25, -0.2) is 9.97 Å². The summed E-state index contributed by atoms with van der Waals surface area (Å²) in [5, 5.41) is 3.02. The van der Waals surface area contributed by atoms with E-state index in [4.69, 9.17) is 10.5 Å². The van der Waals surface area contributed by atoms with E-state index in [0.717, 1.165) is 11.3 Å². The summed E-state index contributed by atoms with van der Waals surface area (Å²) >= 11 is 0. The summed E-state index contributed by atoms with van der Waals surface area (Å²) < 4.78 is 5.22. The van der Waals surface area contributed by atoms with Crippen LogP contribution in [0, 0.1) is 0 Å². The first-order valence-corrected chi connectivity index (χ1v) is 4.26. The van der Waals surface area contributed by atoms with Crippen molar-refractivity contribution in [1.82, 2.24) is 9.97 Å². The van der Waals surface area contributed by atoms with Gasteiger partial charge in [-0.15, -0.1) is 0 Å². The van der Waals surface area contributed by atoms with Crippen LogP contribution < -0.4 is 11.1 Å². The van der Waals surface area contributed by atoms with Crippen molar-refractivity contribution < 1.29 is 4.74 Å². The highest BCUT2D eigenvalue weighted by molar-refractivity contribution is 5.30. The third kappa shape index (κ3) is 1.76. The molecule has 0 unspecified atom stereocenters. The van der Waals surface area contributed by atoms with Gasteiger partial charge in [0.1, 0.15) is 0 Å². The maximum Gasteiger partial charge on any atom is 0.222 e. The topological polar surface area (TPSA) is 73.1 Å². The van der Waals surface area contributed by atoms with Crippen molar-refractivity contribution in [2.75, 3.05) is 18.4 Å². The molecule has 0 spiro atoms. The second kappa shape index (κ2) is 3.68. The van der Waals surface area contributed by atoms with Gasteiger partial charge in [-0.2, -0.15) is 0 Å². The van der Waals surface area contributed by atoms with Crippen molar-refractivity contribution >= 4 is 5.95 Å². The van der Waals surface area contributed by atoms with Crippen molar-refractivity contribution in [3.05, 3.63) is 17.5 Å². The third-order valence-electron chi connectivity index (χ3n) is 1.88. The molecule has 13 heavy (non-hydrogen) atoms. The fourth-order valence-electron chi connectivity index (χ4n) is 1.21. The maximum absolute atomic E-state index is 5.35. The molecule has 0 radical (unpaired) electrons. The molecular formula is C8H12N4O. The Hall–Kier alpha value is -1.20. The lowest BCUT2D eigenvalue weighted by Crippen LogP contribution is -2.15. The Bertz CT molecular complexity index is 302. The number of nitrogens with two attached hydrogens (primary N) is 1. The minimum atomic E-state index is 0.580. The molecule has 0 saturated carbocycles. The molecule has 1 aromatic rings. The number of hydrogen-bond acceptors (Lipinski definition) is 5. The fourth-order valence-corrected chi connectivity index (χ4v) is 1.21.